The van der Waals surface area contributed by atoms with E-state index in [9.17, 15) is 4.79 Å². The first-order chi connectivity index (χ1) is 9.60. The van der Waals surface area contributed by atoms with Gasteiger partial charge >= 0.3 is 6.03 Å². The second-order valence-electron chi connectivity index (χ2n) is 5.53. The zero-order valence-electron chi connectivity index (χ0n) is 12.6. The maximum Gasteiger partial charge on any atom is 0.317 e. The third-order valence-corrected chi connectivity index (χ3v) is 4.44. The van der Waals surface area contributed by atoms with Crippen molar-refractivity contribution in [2.24, 2.45) is 0 Å². The first kappa shape index (κ1) is 14.6. The normalized spacial score (nSPS) is 17.9. The fourth-order valence-electron chi connectivity index (χ4n) is 3.01. The average Bonchev–Trinajstić information content (AvgIpc) is 2.54. The smallest absolute Gasteiger partial charge is 0.317 e. The molecule has 3 heteroatoms. The second-order valence-corrected chi connectivity index (χ2v) is 5.53. The summed E-state index contributed by atoms with van der Waals surface area (Å²) in [6.45, 7) is 2.15. The van der Waals surface area contributed by atoms with Crippen molar-refractivity contribution in [2.45, 2.75) is 38.1 Å². The molecule has 1 atom stereocenters. The quantitative estimate of drug-likeness (QED) is 0.837. The van der Waals surface area contributed by atoms with Crippen LogP contribution in [0.25, 0.3) is 0 Å². The minimum absolute atomic E-state index is 0.0529. The van der Waals surface area contributed by atoms with Crippen LogP contribution in [0.2, 0.25) is 0 Å². The largest absolute Gasteiger partial charge is 0.341 e. The molecule has 1 aromatic carbocycles. The summed E-state index contributed by atoms with van der Waals surface area (Å²) in [6, 6.07) is 10.2. The molecule has 0 saturated carbocycles. The van der Waals surface area contributed by atoms with E-state index in [-0.39, 0.29) is 11.6 Å². The van der Waals surface area contributed by atoms with Crippen LogP contribution in [0.5, 0.6) is 0 Å². The molecule has 2 rings (SSSR count). The van der Waals surface area contributed by atoms with Gasteiger partial charge in [-0.15, -0.1) is 0 Å². The van der Waals surface area contributed by atoms with Crippen molar-refractivity contribution in [3.8, 4) is 0 Å². The zero-order chi connectivity index (χ0) is 14.6. The Morgan fingerprint density at radius 1 is 1.25 bits per heavy atom. The van der Waals surface area contributed by atoms with Crippen LogP contribution in [0, 0.1) is 0 Å². The highest BCUT2D eigenvalue weighted by Crippen LogP contribution is 2.39. The number of nitrogens with one attached hydrogen (secondary N) is 1. The fraction of sp³-hybridized carbons (Fsp3) is 0.471. The van der Waals surface area contributed by atoms with Gasteiger partial charge < -0.3 is 10.2 Å². The van der Waals surface area contributed by atoms with Crippen molar-refractivity contribution in [1.82, 2.24) is 10.2 Å². The van der Waals surface area contributed by atoms with Crippen LogP contribution in [0.4, 0.5) is 4.79 Å². The standard InChI is InChI=1S/C17H24N2O/c1-17(19(3)16(20)18-2,14-10-6-4-7-11-14)15-12-8-5-9-13-15/h4,6-7,10-12H,5,8-9,13H2,1-3H3,(H,18,20)/t17-/m0/s1. The zero-order valence-corrected chi connectivity index (χ0v) is 12.6. The summed E-state index contributed by atoms with van der Waals surface area (Å²) >= 11 is 0. The minimum atomic E-state index is -0.373. The van der Waals surface area contributed by atoms with Gasteiger partial charge in [-0.05, 0) is 43.7 Å². The van der Waals surface area contributed by atoms with E-state index in [1.807, 2.05) is 30.1 Å². The van der Waals surface area contributed by atoms with Crippen molar-refractivity contribution in [3.63, 3.8) is 0 Å². The number of benzene rings is 1. The third kappa shape index (κ3) is 2.58. The van der Waals surface area contributed by atoms with Crippen LogP contribution in [-0.2, 0) is 5.54 Å². The predicted octanol–water partition coefficient (Wildman–Crippen LogP) is 3.67. The van der Waals surface area contributed by atoms with Crippen LogP contribution >= 0.6 is 0 Å². The number of allylic oxidation sites excluding steroid dienone is 1. The first-order valence-corrected chi connectivity index (χ1v) is 7.31. The first-order valence-electron chi connectivity index (χ1n) is 7.31. The number of nitrogens with zero attached hydrogens (tertiary/aromatic N) is 1. The number of urea groups is 1. The van der Waals surface area contributed by atoms with Gasteiger partial charge in [0.2, 0.25) is 0 Å². The summed E-state index contributed by atoms with van der Waals surface area (Å²) in [5, 5.41) is 2.74. The number of rotatable bonds is 3. The van der Waals surface area contributed by atoms with Crippen molar-refractivity contribution < 1.29 is 4.79 Å². The number of carbonyl (C=O) groups is 1. The number of hydrogen-bond donors (Lipinski definition) is 1. The van der Waals surface area contributed by atoms with E-state index in [1.165, 1.54) is 24.0 Å². The van der Waals surface area contributed by atoms with Gasteiger partial charge in [0.25, 0.3) is 0 Å². The molecule has 3 nitrogen and oxygen atoms in total. The summed E-state index contributed by atoms with van der Waals surface area (Å²) in [6.07, 6.45) is 6.94. The van der Waals surface area contributed by atoms with Crippen molar-refractivity contribution in [1.29, 1.82) is 0 Å². The number of amides is 2. The van der Waals surface area contributed by atoms with Crippen LogP contribution in [-0.4, -0.2) is 25.0 Å². The SMILES string of the molecule is CNC(=O)N(C)[C@](C)(C1=CCCCC1)c1ccccc1. The Balaban J connectivity index is 2.48. The molecule has 20 heavy (non-hydrogen) atoms. The van der Waals surface area contributed by atoms with Gasteiger partial charge in [0, 0.05) is 14.1 Å². The fourth-order valence-corrected chi connectivity index (χ4v) is 3.01. The van der Waals surface area contributed by atoms with E-state index in [0.29, 0.717) is 0 Å². The monoisotopic (exact) mass is 272 g/mol. The Kier molecular flexibility index (Phi) is 4.48. The molecule has 1 N–H and O–H groups in total. The molecule has 0 bridgehead atoms. The summed E-state index contributed by atoms with van der Waals surface area (Å²) in [5.41, 5.74) is 2.14. The minimum Gasteiger partial charge on any atom is -0.341 e. The molecule has 0 aliphatic heterocycles. The summed E-state index contributed by atoms with van der Waals surface area (Å²) in [7, 11) is 3.56. The molecular formula is C17H24N2O. The van der Waals surface area contributed by atoms with Gasteiger partial charge in [0.15, 0.2) is 0 Å². The highest BCUT2D eigenvalue weighted by molar-refractivity contribution is 5.75. The Morgan fingerprint density at radius 2 is 1.95 bits per heavy atom. The topological polar surface area (TPSA) is 32.3 Å². The molecule has 0 heterocycles. The number of hydrogen-bond acceptors (Lipinski definition) is 1. The summed E-state index contributed by atoms with van der Waals surface area (Å²) < 4.78 is 0. The lowest BCUT2D eigenvalue weighted by Crippen LogP contribution is -2.50. The second kappa shape index (κ2) is 6.12. The molecule has 0 fully saturated rings. The maximum atomic E-state index is 12.2. The van der Waals surface area contributed by atoms with E-state index in [0.717, 1.165) is 12.8 Å². The Bertz CT molecular complexity index is 495. The molecule has 1 aromatic rings. The van der Waals surface area contributed by atoms with E-state index >= 15 is 0 Å². The molecular weight excluding hydrogens is 248 g/mol. The molecule has 2 amide bonds. The van der Waals surface area contributed by atoms with Gasteiger partial charge in [-0.3, -0.25) is 0 Å². The molecule has 0 radical (unpaired) electrons. The van der Waals surface area contributed by atoms with E-state index in [2.05, 4.69) is 30.4 Å². The average molecular weight is 272 g/mol. The van der Waals surface area contributed by atoms with E-state index < -0.39 is 0 Å². The van der Waals surface area contributed by atoms with Crippen molar-refractivity contribution in [2.75, 3.05) is 14.1 Å². The van der Waals surface area contributed by atoms with Crippen LogP contribution in [0.1, 0.15) is 38.2 Å². The predicted molar refractivity (Wildman–Crippen MR) is 82.6 cm³/mol. The molecule has 108 valence electrons. The lowest BCUT2D eigenvalue weighted by molar-refractivity contribution is 0.163. The molecule has 1 aliphatic carbocycles. The van der Waals surface area contributed by atoms with Crippen LogP contribution in [0.15, 0.2) is 42.0 Å². The summed E-state index contributed by atoms with van der Waals surface area (Å²) in [5.74, 6) is 0. The number of likely N-dealkylation sites (N-methyl/N-ethyl adjacent to an activating group) is 1. The lowest BCUT2D eigenvalue weighted by atomic mass is 9.78. The Morgan fingerprint density at radius 3 is 2.50 bits per heavy atom. The van der Waals surface area contributed by atoms with Crippen molar-refractivity contribution >= 4 is 6.03 Å². The third-order valence-electron chi connectivity index (χ3n) is 4.44. The molecule has 1 aliphatic rings. The maximum absolute atomic E-state index is 12.2. The highest BCUT2D eigenvalue weighted by Gasteiger charge is 2.37. The van der Waals surface area contributed by atoms with Gasteiger partial charge in [-0.2, -0.15) is 0 Å². The van der Waals surface area contributed by atoms with E-state index in [1.54, 1.807) is 7.05 Å². The Labute approximate surface area is 121 Å². The lowest BCUT2D eigenvalue weighted by Gasteiger charge is -2.42. The Hall–Kier alpha value is -1.77. The molecule has 0 saturated heterocycles. The molecule has 0 unspecified atom stereocenters. The van der Waals surface area contributed by atoms with Crippen LogP contribution < -0.4 is 5.32 Å². The van der Waals surface area contributed by atoms with Gasteiger partial charge in [-0.1, -0.05) is 36.4 Å². The summed E-state index contributed by atoms with van der Waals surface area (Å²) in [4.78, 5) is 14.0. The highest BCUT2D eigenvalue weighted by atomic mass is 16.2. The van der Waals surface area contributed by atoms with Crippen LogP contribution in [0.3, 0.4) is 0 Å². The number of carbonyl (C=O) groups excluding carboxylic acids is 1. The molecule has 0 spiro atoms. The van der Waals surface area contributed by atoms with Gasteiger partial charge in [0.1, 0.15) is 0 Å². The molecule has 0 aromatic heterocycles. The van der Waals surface area contributed by atoms with E-state index in [4.69, 9.17) is 0 Å². The van der Waals surface area contributed by atoms with Gasteiger partial charge in [-0.25, -0.2) is 4.79 Å². The van der Waals surface area contributed by atoms with Gasteiger partial charge in [0.05, 0.1) is 5.54 Å². The van der Waals surface area contributed by atoms with Crippen molar-refractivity contribution in [3.05, 3.63) is 47.5 Å².